The molecule has 0 aliphatic carbocycles. The molecule has 7 heteroatoms. The Balaban J connectivity index is 1.40. The van der Waals surface area contributed by atoms with Crippen LogP contribution in [-0.4, -0.2) is 62.7 Å². The number of ether oxygens (including phenoxy) is 3. The Bertz CT molecular complexity index is 1130. The van der Waals surface area contributed by atoms with E-state index in [1.165, 1.54) is 0 Å². The van der Waals surface area contributed by atoms with Crippen LogP contribution in [0.1, 0.15) is 27.6 Å². The van der Waals surface area contributed by atoms with Crippen molar-refractivity contribution >= 4 is 17.5 Å². The Labute approximate surface area is 212 Å². The van der Waals surface area contributed by atoms with Crippen LogP contribution >= 0.6 is 11.6 Å². The first kappa shape index (κ1) is 25.0. The molecule has 1 unspecified atom stereocenters. The predicted molar refractivity (Wildman–Crippen MR) is 137 cm³/mol. The molecule has 1 heterocycles. The number of carbonyl (C=O) groups is 1. The van der Waals surface area contributed by atoms with Gasteiger partial charge in [0.2, 0.25) is 0 Å². The van der Waals surface area contributed by atoms with Gasteiger partial charge >= 0.3 is 0 Å². The lowest BCUT2D eigenvalue weighted by atomic mass is 10.1. The number of nitrogens with zero attached hydrogens (tertiary/aromatic N) is 2. The molecule has 0 N–H and O–H groups in total. The summed E-state index contributed by atoms with van der Waals surface area (Å²) in [5, 5.41) is 0.695. The molecule has 3 aromatic rings. The zero-order valence-corrected chi connectivity index (χ0v) is 20.9. The highest BCUT2D eigenvalue weighted by Gasteiger charge is 2.25. The van der Waals surface area contributed by atoms with Crippen LogP contribution in [-0.2, 0) is 11.3 Å². The molecule has 0 radical (unpaired) electrons. The molecular weight excluding hydrogens is 464 g/mol. The smallest absolute Gasteiger partial charge is 0.254 e. The summed E-state index contributed by atoms with van der Waals surface area (Å²) in [4.78, 5) is 17.2. The predicted octanol–water partition coefficient (Wildman–Crippen LogP) is 5.07. The van der Waals surface area contributed by atoms with Crippen LogP contribution in [0.3, 0.4) is 0 Å². The standard InChI is InChI=1S/C28H31ClN2O4/c1-33-25-10-4-7-22(17-25)27(35-20-21-6-3-9-24(29)16-21)19-30-12-14-31(15-13-30)28(32)23-8-5-11-26(18-23)34-2/h3-11,16-18,27H,12-15,19-20H2,1-2H3. The molecule has 1 saturated heterocycles. The van der Waals surface area contributed by atoms with Crippen LogP contribution in [0.15, 0.2) is 72.8 Å². The number of rotatable bonds is 9. The highest BCUT2D eigenvalue weighted by atomic mass is 35.5. The molecular formula is C28H31ClN2O4. The summed E-state index contributed by atoms with van der Waals surface area (Å²) in [5.74, 6) is 1.52. The first-order valence-electron chi connectivity index (χ1n) is 11.7. The number of carbonyl (C=O) groups excluding carboxylic acids is 1. The van der Waals surface area contributed by atoms with E-state index in [0.717, 1.165) is 36.5 Å². The molecule has 184 valence electrons. The highest BCUT2D eigenvalue weighted by Crippen LogP contribution is 2.26. The molecule has 1 amide bonds. The van der Waals surface area contributed by atoms with Gasteiger partial charge in [-0.15, -0.1) is 0 Å². The van der Waals surface area contributed by atoms with E-state index in [1.54, 1.807) is 20.3 Å². The first-order valence-corrected chi connectivity index (χ1v) is 12.1. The van der Waals surface area contributed by atoms with Crippen molar-refractivity contribution in [2.24, 2.45) is 0 Å². The zero-order valence-electron chi connectivity index (χ0n) is 20.2. The van der Waals surface area contributed by atoms with Crippen LogP contribution < -0.4 is 9.47 Å². The summed E-state index contributed by atoms with van der Waals surface area (Å²) < 4.78 is 17.1. The van der Waals surface area contributed by atoms with Gasteiger partial charge in [0.05, 0.1) is 26.9 Å². The molecule has 35 heavy (non-hydrogen) atoms. The summed E-state index contributed by atoms with van der Waals surface area (Å²) in [5.41, 5.74) is 2.73. The van der Waals surface area contributed by atoms with Gasteiger partial charge in [-0.25, -0.2) is 0 Å². The maximum atomic E-state index is 13.0. The van der Waals surface area contributed by atoms with Gasteiger partial charge < -0.3 is 19.1 Å². The Morgan fingerprint density at radius 3 is 2.29 bits per heavy atom. The van der Waals surface area contributed by atoms with Crippen molar-refractivity contribution in [2.45, 2.75) is 12.7 Å². The van der Waals surface area contributed by atoms with Crippen LogP contribution in [0, 0.1) is 0 Å². The van der Waals surface area contributed by atoms with Crippen molar-refractivity contribution in [2.75, 3.05) is 46.9 Å². The van der Waals surface area contributed by atoms with Crippen LogP contribution in [0.25, 0.3) is 0 Å². The van der Waals surface area contributed by atoms with Gasteiger partial charge in [0.15, 0.2) is 0 Å². The van der Waals surface area contributed by atoms with Gasteiger partial charge in [-0.05, 0) is 53.6 Å². The summed E-state index contributed by atoms with van der Waals surface area (Å²) in [6, 6.07) is 23.0. The van der Waals surface area contributed by atoms with Gasteiger partial charge in [-0.1, -0.05) is 41.9 Å². The second kappa shape index (κ2) is 12.1. The van der Waals surface area contributed by atoms with Gasteiger partial charge in [0, 0.05) is 43.3 Å². The van der Waals surface area contributed by atoms with Crippen LogP contribution in [0.4, 0.5) is 0 Å². The molecule has 0 saturated carbocycles. The fraction of sp³-hybridized carbons (Fsp3) is 0.321. The quantitative estimate of drug-likeness (QED) is 0.415. The SMILES string of the molecule is COc1cccc(C(=O)N2CCN(CC(OCc3cccc(Cl)c3)c3cccc(OC)c3)CC2)c1. The lowest BCUT2D eigenvalue weighted by Gasteiger charge is -2.36. The van der Waals surface area contributed by atoms with Crippen molar-refractivity contribution < 1.29 is 19.0 Å². The molecule has 0 bridgehead atoms. The largest absolute Gasteiger partial charge is 0.497 e. The summed E-state index contributed by atoms with van der Waals surface area (Å²) in [7, 11) is 3.27. The van der Waals surface area contributed by atoms with Gasteiger partial charge in [-0.3, -0.25) is 9.69 Å². The number of amides is 1. The third-order valence-corrected chi connectivity index (χ3v) is 6.44. The van der Waals surface area contributed by atoms with Crippen molar-refractivity contribution in [3.05, 3.63) is 94.5 Å². The average Bonchev–Trinajstić information content (AvgIpc) is 2.91. The van der Waals surface area contributed by atoms with E-state index >= 15 is 0 Å². The topological polar surface area (TPSA) is 51.2 Å². The second-order valence-electron chi connectivity index (χ2n) is 8.53. The van der Waals surface area contributed by atoms with E-state index in [-0.39, 0.29) is 12.0 Å². The third-order valence-electron chi connectivity index (χ3n) is 6.21. The monoisotopic (exact) mass is 494 g/mol. The minimum absolute atomic E-state index is 0.0325. The summed E-state index contributed by atoms with van der Waals surface area (Å²) in [6.07, 6.45) is -0.148. The average molecular weight is 495 g/mol. The number of hydrogen-bond donors (Lipinski definition) is 0. The molecule has 1 aliphatic heterocycles. The van der Waals surface area contributed by atoms with Crippen molar-refractivity contribution in [1.82, 2.24) is 9.80 Å². The van der Waals surface area contributed by atoms with E-state index in [1.807, 2.05) is 65.6 Å². The lowest BCUT2D eigenvalue weighted by Crippen LogP contribution is -2.49. The molecule has 0 aromatic heterocycles. The maximum absolute atomic E-state index is 13.0. The fourth-order valence-electron chi connectivity index (χ4n) is 4.23. The molecule has 3 aromatic carbocycles. The second-order valence-corrected chi connectivity index (χ2v) is 8.97. The van der Waals surface area contributed by atoms with E-state index in [4.69, 9.17) is 25.8 Å². The minimum Gasteiger partial charge on any atom is -0.497 e. The van der Waals surface area contributed by atoms with Crippen LogP contribution in [0.5, 0.6) is 11.5 Å². The number of halogens is 1. The highest BCUT2D eigenvalue weighted by molar-refractivity contribution is 6.30. The first-order chi connectivity index (χ1) is 17.1. The van der Waals surface area contributed by atoms with E-state index in [0.29, 0.717) is 36.0 Å². The molecule has 1 aliphatic rings. The lowest BCUT2D eigenvalue weighted by molar-refractivity contribution is 0.00333. The minimum atomic E-state index is -0.148. The van der Waals surface area contributed by atoms with E-state index in [2.05, 4.69) is 11.0 Å². The van der Waals surface area contributed by atoms with E-state index < -0.39 is 0 Å². The molecule has 1 atom stereocenters. The van der Waals surface area contributed by atoms with Crippen molar-refractivity contribution in [1.29, 1.82) is 0 Å². The van der Waals surface area contributed by atoms with Crippen molar-refractivity contribution in [3.63, 3.8) is 0 Å². The van der Waals surface area contributed by atoms with Gasteiger partial charge in [-0.2, -0.15) is 0 Å². The Kier molecular flexibility index (Phi) is 8.64. The maximum Gasteiger partial charge on any atom is 0.254 e. The number of methoxy groups -OCH3 is 2. The molecule has 1 fully saturated rings. The summed E-state index contributed by atoms with van der Waals surface area (Å²) >= 11 is 6.15. The Morgan fingerprint density at radius 2 is 1.57 bits per heavy atom. The summed E-state index contributed by atoms with van der Waals surface area (Å²) in [6.45, 7) is 4.05. The Hall–Kier alpha value is -3.06. The normalized spacial score (nSPS) is 15.0. The molecule has 4 rings (SSSR count). The number of benzene rings is 3. The fourth-order valence-corrected chi connectivity index (χ4v) is 4.44. The van der Waals surface area contributed by atoms with Crippen molar-refractivity contribution in [3.8, 4) is 11.5 Å². The molecule has 6 nitrogen and oxygen atoms in total. The number of hydrogen-bond acceptors (Lipinski definition) is 5. The van der Waals surface area contributed by atoms with Gasteiger partial charge in [0.25, 0.3) is 5.91 Å². The Morgan fingerprint density at radius 1 is 0.886 bits per heavy atom. The number of piperazine rings is 1. The van der Waals surface area contributed by atoms with E-state index in [9.17, 15) is 4.79 Å². The van der Waals surface area contributed by atoms with Crippen LogP contribution in [0.2, 0.25) is 5.02 Å². The van der Waals surface area contributed by atoms with Gasteiger partial charge in [0.1, 0.15) is 11.5 Å². The third kappa shape index (κ3) is 6.75. The molecule has 0 spiro atoms. The zero-order chi connectivity index (χ0) is 24.6.